The molecule has 116 valence electrons. The summed E-state index contributed by atoms with van der Waals surface area (Å²) >= 11 is 0. The maximum absolute atomic E-state index is 11.9. The third-order valence-corrected chi connectivity index (χ3v) is 4.64. The Morgan fingerprint density at radius 1 is 1.20 bits per heavy atom. The SMILES string of the molecule is CC(C)OC(=O)CN1CCCCC1C1CCCCC1O. The van der Waals surface area contributed by atoms with Gasteiger partial charge in [0.2, 0.25) is 0 Å². The van der Waals surface area contributed by atoms with Crippen LogP contribution in [-0.4, -0.2) is 47.3 Å². The first kappa shape index (κ1) is 15.8. The Kier molecular flexibility index (Phi) is 5.85. The number of carbonyl (C=O) groups excluding carboxylic acids is 1. The molecule has 0 aromatic carbocycles. The molecule has 0 amide bonds. The summed E-state index contributed by atoms with van der Waals surface area (Å²) < 4.78 is 5.27. The molecule has 1 saturated carbocycles. The molecule has 3 atom stereocenters. The van der Waals surface area contributed by atoms with Crippen molar-refractivity contribution in [2.45, 2.75) is 77.0 Å². The molecule has 4 nitrogen and oxygen atoms in total. The lowest BCUT2D eigenvalue weighted by molar-refractivity contribution is -0.150. The minimum absolute atomic E-state index is 0.0500. The van der Waals surface area contributed by atoms with Gasteiger partial charge in [0.05, 0.1) is 18.8 Å². The average molecular weight is 283 g/mol. The van der Waals surface area contributed by atoms with E-state index in [1.807, 2.05) is 13.8 Å². The van der Waals surface area contributed by atoms with Crippen molar-refractivity contribution in [2.24, 2.45) is 5.92 Å². The summed E-state index contributed by atoms with van der Waals surface area (Å²) in [5.41, 5.74) is 0. The quantitative estimate of drug-likeness (QED) is 0.805. The molecule has 1 N–H and O–H groups in total. The Bertz CT molecular complexity index is 319. The molecule has 1 saturated heterocycles. The average Bonchev–Trinajstić information content (AvgIpc) is 2.39. The normalized spacial score (nSPS) is 32.3. The van der Waals surface area contributed by atoms with Crippen LogP contribution < -0.4 is 0 Å². The summed E-state index contributed by atoms with van der Waals surface area (Å²) in [6.45, 7) is 5.11. The summed E-state index contributed by atoms with van der Waals surface area (Å²) in [6.07, 6.45) is 7.60. The van der Waals surface area contributed by atoms with Crippen molar-refractivity contribution in [3.63, 3.8) is 0 Å². The summed E-state index contributed by atoms with van der Waals surface area (Å²) in [5, 5.41) is 10.3. The summed E-state index contributed by atoms with van der Waals surface area (Å²) in [7, 11) is 0. The van der Waals surface area contributed by atoms with Gasteiger partial charge >= 0.3 is 5.97 Å². The number of aliphatic hydroxyl groups excluding tert-OH is 1. The van der Waals surface area contributed by atoms with Crippen molar-refractivity contribution in [1.29, 1.82) is 0 Å². The number of aliphatic hydroxyl groups is 1. The van der Waals surface area contributed by atoms with Gasteiger partial charge in [-0.05, 0) is 46.1 Å². The lowest BCUT2D eigenvalue weighted by Crippen LogP contribution is -2.50. The third-order valence-electron chi connectivity index (χ3n) is 4.64. The molecule has 20 heavy (non-hydrogen) atoms. The Morgan fingerprint density at radius 2 is 1.90 bits per heavy atom. The zero-order chi connectivity index (χ0) is 14.5. The third kappa shape index (κ3) is 4.19. The molecule has 2 fully saturated rings. The molecule has 1 heterocycles. The lowest BCUT2D eigenvalue weighted by atomic mass is 9.78. The minimum atomic E-state index is -0.185. The maximum atomic E-state index is 11.9. The van der Waals surface area contributed by atoms with E-state index in [4.69, 9.17) is 4.74 Å². The fourth-order valence-electron chi connectivity index (χ4n) is 3.75. The van der Waals surface area contributed by atoms with Crippen molar-refractivity contribution in [3.05, 3.63) is 0 Å². The second kappa shape index (κ2) is 7.41. The van der Waals surface area contributed by atoms with E-state index in [2.05, 4.69) is 4.90 Å². The topological polar surface area (TPSA) is 49.8 Å². The molecule has 1 aliphatic heterocycles. The van der Waals surface area contributed by atoms with E-state index in [9.17, 15) is 9.90 Å². The molecule has 4 heteroatoms. The summed E-state index contributed by atoms with van der Waals surface area (Å²) in [6, 6.07) is 0.360. The van der Waals surface area contributed by atoms with Crippen LogP contribution in [0.1, 0.15) is 58.8 Å². The number of esters is 1. The van der Waals surface area contributed by atoms with E-state index >= 15 is 0 Å². The van der Waals surface area contributed by atoms with Gasteiger partial charge in [-0.15, -0.1) is 0 Å². The van der Waals surface area contributed by atoms with E-state index in [1.54, 1.807) is 0 Å². The van der Waals surface area contributed by atoms with E-state index < -0.39 is 0 Å². The van der Waals surface area contributed by atoms with Crippen LogP contribution in [0.25, 0.3) is 0 Å². The van der Waals surface area contributed by atoms with Gasteiger partial charge in [0.25, 0.3) is 0 Å². The van der Waals surface area contributed by atoms with Crippen molar-refractivity contribution in [1.82, 2.24) is 4.90 Å². The Labute approximate surface area is 122 Å². The van der Waals surface area contributed by atoms with Crippen molar-refractivity contribution < 1.29 is 14.6 Å². The smallest absolute Gasteiger partial charge is 0.320 e. The van der Waals surface area contributed by atoms with E-state index in [0.29, 0.717) is 18.5 Å². The highest BCUT2D eigenvalue weighted by Crippen LogP contribution is 2.33. The van der Waals surface area contributed by atoms with Crippen LogP contribution >= 0.6 is 0 Å². The first-order valence-corrected chi connectivity index (χ1v) is 8.19. The number of likely N-dealkylation sites (tertiary alicyclic amines) is 1. The van der Waals surface area contributed by atoms with Crippen LogP contribution in [0.15, 0.2) is 0 Å². The second-order valence-corrected chi connectivity index (χ2v) is 6.59. The van der Waals surface area contributed by atoms with Gasteiger partial charge in [0.15, 0.2) is 0 Å². The molecular weight excluding hydrogens is 254 g/mol. The summed E-state index contributed by atoms with van der Waals surface area (Å²) in [4.78, 5) is 14.2. The number of rotatable bonds is 4. The molecular formula is C16H29NO3. The molecule has 0 aromatic rings. The van der Waals surface area contributed by atoms with Gasteiger partial charge in [-0.2, -0.15) is 0 Å². The van der Waals surface area contributed by atoms with Gasteiger partial charge in [-0.3, -0.25) is 9.69 Å². The number of hydrogen-bond acceptors (Lipinski definition) is 4. The predicted octanol–water partition coefficient (Wildman–Crippen LogP) is 2.34. The van der Waals surface area contributed by atoms with Gasteiger partial charge in [-0.1, -0.05) is 19.3 Å². The molecule has 2 aliphatic rings. The number of nitrogens with zero attached hydrogens (tertiary/aromatic N) is 1. The molecule has 1 aliphatic carbocycles. The summed E-state index contributed by atoms with van der Waals surface area (Å²) in [5.74, 6) is 0.216. The van der Waals surface area contributed by atoms with Crippen molar-refractivity contribution in [2.75, 3.05) is 13.1 Å². The predicted molar refractivity (Wildman–Crippen MR) is 78.4 cm³/mol. The number of hydrogen-bond donors (Lipinski definition) is 1. The number of piperidine rings is 1. The molecule has 0 bridgehead atoms. The van der Waals surface area contributed by atoms with E-state index in [0.717, 1.165) is 38.6 Å². The van der Waals surface area contributed by atoms with Crippen molar-refractivity contribution in [3.8, 4) is 0 Å². The van der Waals surface area contributed by atoms with Crippen LogP contribution in [0.5, 0.6) is 0 Å². The fourth-order valence-corrected chi connectivity index (χ4v) is 3.75. The second-order valence-electron chi connectivity index (χ2n) is 6.59. The first-order valence-electron chi connectivity index (χ1n) is 8.19. The van der Waals surface area contributed by atoms with Gasteiger partial charge in [0.1, 0.15) is 0 Å². The van der Waals surface area contributed by atoms with Crippen LogP contribution in [-0.2, 0) is 9.53 Å². The zero-order valence-electron chi connectivity index (χ0n) is 12.9. The monoisotopic (exact) mass is 283 g/mol. The maximum Gasteiger partial charge on any atom is 0.320 e. The highest BCUT2D eigenvalue weighted by atomic mass is 16.5. The highest BCUT2D eigenvalue weighted by molar-refractivity contribution is 5.71. The Hall–Kier alpha value is -0.610. The van der Waals surface area contributed by atoms with Gasteiger partial charge in [0, 0.05) is 12.0 Å². The molecule has 2 rings (SSSR count). The number of carbonyl (C=O) groups is 1. The Balaban J connectivity index is 1.95. The van der Waals surface area contributed by atoms with Crippen LogP contribution in [0.4, 0.5) is 0 Å². The van der Waals surface area contributed by atoms with Gasteiger partial charge in [-0.25, -0.2) is 0 Å². The minimum Gasteiger partial charge on any atom is -0.462 e. The van der Waals surface area contributed by atoms with Crippen LogP contribution in [0, 0.1) is 5.92 Å². The van der Waals surface area contributed by atoms with Crippen LogP contribution in [0.3, 0.4) is 0 Å². The standard InChI is InChI=1S/C16H29NO3/c1-12(2)20-16(19)11-17-10-6-5-8-14(17)13-7-3-4-9-15(13)18/h12-15,18H,3-11H2,1-2H3. The lowest BCUT2D eigenvalue weighted by Gasteiger charge is -2.43. The molecule has 3 unspecified atom stereocenters. The van der Waals surface area contributed by atoms with E-state index in [-0.39, 0.29) is 18.2 Å². The Morgan fingerprint density at radius 3 is 2.60 bits per heavy atom. The highest BCUT2D eigenvalue weighted by Gasteiger charge is 2.36. The molecule has 0 aromatic heterocycles. The number of ether oxygens (including phenoxy) is 1. The molecule has 0 radical (unpaired) electrons. The fraction of sp³-hybridized carbons (Fsp3) is 0.938. The van der Waals surface area contributed by atoms with Gasteiger partial charge < -0.3 is 9.84 Å². The largest absolute Gasteiger partial charge is 0.462 e. The van der Waals surface area contributed by atoms with Crippen molar-refractivity contribution >= 4 is 5.97 Å². The zero-order valence-corrected chi connectivity index (χ0v) is 12.9. The molecule has 0 spiro atoms. The van der Waals surface area contributed by atoms with E-state index in [1.165, 1.54) is 12.8 Å². The first-order chi connectivity index (χ1) is 9.58. The van der Waals surface area contributed by atoms with Crippen LogP contribution in [0.2, 0.25) is 0 Å².